The predicted octanol–water partition coefficient (Wildman–Crippen LogP) is 8.31. The molecule has 1 nitrogen and oxygen atoms in total. The highest BCUT2D eigenvalue weighted by Crippen LogP contribution is 2.37. The molecule has 1 aromatic rings. The van der Waals surface area contributed by atoms with E-state index < -0.39 is 0 Å². The van der Waals surface area contributed by atoms with Crippen LogP contribution in [-0.2, 0) is 0 Å². The molecule has 0 saturated heterocycles. The Balaban J connectivity index is 3.09. The zero-order valence-corrected chi connectivity index (χ0v) is 20.3. The maximum absolute atomic E-state index is 7.23. The lowest BCUT2D eigenvalue weighted by Crippen LogP contribution is -2.12. The van der Waals surface area contributed by atoms with E-state index in [-0.39, 0.29) is 0 Å². The lowest BCUT2D eigenvalue weighted by atomic mass is 9.81. The molecule has 1 aromatic carbocycles. The monoisotopic (exact) mass is 565 g/mol. The van der Waals surface area contributed by atoms with E-state index in [4.69, 9.17) is 5.41 Å². The summed E-state index contributed by atoms with van der Waals surface area (Å²) in [7, 11) is 0. The average molecular weight is 565 g/mol. The Morgan fingerprint density at radius 2 is 1.76 bits per heavy atom. The van der Waals surface area contributed by atoms with E-state index in [9.17, 15) is 0 Å². The smallest absolute Gasteiger partial charge is 0.0130 e. The third kappa shape index (κ3) is 8.55. The van der Waals surface area contributed by atoms with Gasteiger partial charge in [-0.2, -0.15) is 0 Å². The minimum absolute atomic E-state index is 0.547. The molecule has 0 spiro atoms. The van der Waals surface area contributed by atoms with Crippen LogP contribution in [0.5, 0.6) is 0 Å². The molecular weight excluding hydrogens is 532 g/mol. The zero-order valence-electron chi connectivity index (χ0n) is 16.0. The predicted molar refractivity (Wildman–Crippen MR) is 129 cm³/mol. The number of rotatable bonds is 12. The number of unbranched alkanes of at least 4 members (excludes halogenated alkanes) is 1. The van der Waals surface area contributed by atoms with Crippen LogP contribution in [0.3, 0.4) is 0 Å². The van der Waals surface area contributed by atoms with E-state index in [0.29, 0.717) is 9.84 Å². The van der Waals surface area contributed by atoms with Crippen LogP contribution in [0.2, 0.25) is 0 Å². The van der Waals surface area contributed by atoms with Crippen molar-refractivity contribution in [2.75, 3.05) is 0 Å². The van der Waals surface area contributed by atoms with Crippen LogP contribution in [0.15, 0.2) is 35.4 Å². The molecule has 140 valence electrons. The molecule has 0 aromatic heterocycles. The second-order valence-electron chi connectivity index (χ2n) is 6.88. The first kappa shape index (κ1) is 23.1. The van der Waals surface area contributed by atoms with Gasteiger partial charge in [0.1, 0.15) is 0 Å². The fourth-order valence-electron chi connectivity index (χ4n) is 3.48. The van der Waals surface area contributed by atoms with Crippen molar-refractivity contribution in [3.63, 3.8) is 0 Å². The molecule has 0 radical (unpaired) electrons. The lowest BCUT2D eigenvalue weighted by Gasteiger charge is -2.26. The van der Waals surface area contributed by atoms with Gasteiger partial charge in [0.25, 0.3) is 0 Å². The highest BCUT2D eigenvalue weighted by Gasteiger charge is 2.21. The summed E-state index contributed by atoms with van der Waals surface area (Å²) in [5.41, 5.74) is 4.77. The zero-order chi connectivity index (χ0) is 18.7. The van der Waals surface area contributed by atoms with Crippen LogP contribution in [0, 0.1) is 8.98 Å². The molecule has 0 bridgehead atoms. The van der Waals surface area contributed by atoms with E-state index in [1.807, 2.05) is 0 Å². The van der Waals surface area contributed by atoms with Gasteiger partial charge in [-0.25, -0.2) is 0 Å². The first-order valence-corrected chi connectivity index (χ1v) is 11.9. The van der Waals surface area contributed by atoms with Crippen molar-refractivity contribution in [3.05, 3.63) is 44.5 Å². The van der Waals surface area contributed by atoms with Crippen molar-refractivity contribution in [2.24, 2.45) is 0 Å². The minimum Gasteiger partial charge on any atom is -0.313 e. The molecule has 0 fully saturated rings. The molecule has 3 heteroatoms. The third-order valence-electron chi connectivity index (χ3n) is 4.74. The number of hydrogen-bond donors (Lipinski definition) is 1. The van der Waals surface area contributed by atoms with Crippen LogP contribution >= 0.6 is 45.2 Å². The first-order valence-electron chi connectivity index (χ1n) is 9.60. The summed E-state index contributed by atoms with van der Waals surface area (Å²) in [6.07, 6.45) is 10.9. The largest absolute Gasteiger partial charge is 0.313 e. The number of benzene rings is 1. The van der Waals surface area contributed by atoms with Crippen molar-refractivity contribution in [2.45, 2.75) is 82.0 Å². The van der Waals surface area contributed by atoms with Gasteiger partial charge >= 0.3 is 0 Å². The van der Waals surface area contributed by atoms with Gasteiger partial charge in [0, 0.05) is 13.4 Å². The molecule has 0 amide bonds. The Kier molecular flexibility index (Phi) is 12.3. The Bertz CT molecular complexity index is 533. The van der Waals surface area contributed by atoms with E-state index in [0.717, 1.165) is 12.8 Å². The Morgan fingerprint density at radius 1 is 1.12 bits per heavy atom. The second kappa shape index (κ2) is 13.3. The van der Waals surface area contributed by atoms with Crippen LogP contribution in [-0.4, -0.2) is 10.1 Å². The van der Waals surface area contributed by atoms with Crippen molar-refractivity contribution in [1.82, 2.24) is 0 Å². The van der Waals surface area contributed by atoms with E-state index in [1.165, 1.54) is 47.7 Å². The molecule has 1 N–H and O–H groups in total. The fraction of sp³-hybridized carbons (Fsp3) is 0.591. The Morgan fingerprint density at radius 3 is 2.32 bits per heavy atom. The second-order valence-corrected chi connectivity index (χ2v) is 9.88. The first-order chi connectivity index (χ1) is 12.0. The Hall–Kier alpha value is 0.0900. The SMILES string of the molecule is CCC/C(C)=C(/CCC)C(CC(I)CCCC=N)c1ccc(I)cc1. The third-order valence-corrected chi connectivity index (χ3v) is 6.59. The van der Waals surface area contributed by atoms with Crippen molar-refractivity contribution >= 4 is 51.4 Å². The van der Waals surface area contributed by atoms with E-state index >= 15 is 0 Å². The molecule has 0 heterocycles. The Labute approximate surface area is 182 Å². The average Bonchev–Trinajstić information content (AvgIpc) is 2.59. The van der Waals surface area contributed by atoms with Gasteiger partial charge in [0.05, 0.1) is 0 Å². The summed E-state index contributed by atoms with van der Waals surface area (Å²) >= 11 is 5.03. The number of halogens is 2. The van der Waals surface area contributed by atoms with Gasteiger partial charge in [0.15, 0.2) is 0 Å². The molecule has 1 rings (SSSR count). The van der Waals surface area contributed by atoms with Gasteiger partial charge in [-0.3, -0.25) is 0 Å². The highest BCUT2D eigenvalue weighted by atomic mass is 127. The molecule has 2 unspecified atom stereocenters. The van der Waals surface area contributed by atoms with Crippen LogP contribution in [0.25, 0.3) is 0 Å². The number of allylic oxidation sites excluding steroid dienone is 2. The van der Waals surface area contributed by atoms with Gasteiger partial charge < -0.3 is 5.41 Å². The molecule has 0 aliphatic heterocycles. The van der Waals surface area contributed by atoms with Crippen LogP contribution in [0.4, 0.5) is 0 Å². The van der Waals surface area contributed by atoms with Gasteiger partial charge in [0.2, 0.25) is 0 Å². The molecular formula is C22H33I2N. The lowest BCUT2D eigenvalue weighted by molar-refractivity contribution is 0.608. The topological polar surface area (TPSA) is 23.9 Å². The maximum Gasteiger partial charge on any atom is 0.0130 e. The highest BCUT2D eigenvalue weighted by molar-refractivity contribution is 14.1. The summed E-state index contributed by atoms with van der Waals surface area (Å²) in [6, 6.07) is 9.17. The van der Waals surface area contributed by atoms with Crippen LogP contribution < -0.4 is 0 Å². The summed E-state index contributed by atoms with van der Waals surface area (Å²) in [4.78, 5) is 0. The summed E-state index contributed by atoms with van der Waals surface area (Å²) in [5, 5.41) is 7.23. The van der Waals surface area contributed by atoms with Gasteiger partial charge in [-0.1, -0.05) is 72.6 Å². The van der Waals surface area contributed by atoms with Gasteiger partial charge in [-0.05, 0) is 92.0 Å². The van der Waals surface area contributed by atoms with Crippen molar-refractivity contribution < 1.29 is 0 Å². The molecule has 2 atom stereocenters. The number of alkyl halides is 1. The molecule has 0 aliphatic carbocycles. The van der Waals surface area contributed by atoms with E-state index in [2.05, 4.69) is 90.2 Å². The number of nitrogens with one attached hydrogen (secondary N) is 1. The molecule has 25 heavy (non-hydrogen) atoms. The fourth-order valence-corrected chi connectivity index (χ4v) is 4.79. The molecule has 0 saturated carbocycles. The molecule has 0 aliphatic rings. The van der Waals surface area contributed by atoms with Gasteiger partial charge in [-0.15, -0.1) is 0 Å². The van der Waals surface area contributed by atoms with Crippen LogP contribution in [0.1, 0.15) is 83.6 Å². The summed E-state index contributed by atoms with van der Waals surface area (Å²) in [5.74, 6) is 0.547. The summed E-state index contributed by atoms with van der Waals surface area (Å²) in [6.45, 7) is 6.94. The quantitative estimate of drug-likeness (QED) is 0.0867. The van der Waals surface area contributed by atoms with E-state index in [1.54, 1.807) is 17.4 Å². The minimum atomic E-state index is 0.547. The standard InChI is InChI=1S/C22H33I2N/c1-4-8-17(3)21(9-5-2)22(16-20(24)10-6-7-15-25)18-11-13-19(23)14-12-18/h11-15,20,22,25H,4-10,16H2,1-3H3/b21-17-,25-15?. The number of hydrogen-bond acceptors (Lipinski definition) is 1. The normalized spacial score (nSPS) is 14.8. The summed E-state index contributed by atoms with van der Waals surface area (Å²) < 4.78 is 1.98. The van der Waals surface area contributed by atoms with Crippen molar-refractivity contribution in [3.8, 4) is 0 Å². The maximum atomic E-state index is 7.23. The van der Waals surface area contributed by atoms with Crippen molar-refractivity contribution in [1.29, 1.82) is 5.41 Å².